The third-order valence-electron chi connectivity index (χ3n) is 1.75. The highest BCUT2D eigenvalue weighted by molar-refractivity contribution is 6.33. The van der Waals surface area contributed by atoms with Gasteiger partial charge in [0.2, 0.25) is 5.91 Å². The first kappa shape index (κ1) is 14.0. The Labute approximate surface area is 96.6 Å². The van der Waals surface area contributed by atoms with Crippen molar-refractivity contribution in [1.29, 1.82) is 0 Å². The highest BCUT2D eigenvalue weighted by Gasteiger charge is 2.02. The molecule has 0 saturated heterocycles. The number of carbonyl (C=O) groups is 1. The van der Waals surface area contributed by atoms with Crippen molar-refractivity contribution in [2.75, 3.05) is 5.32 Å². The number of amides is 1. The lowest BCUT2D eigenvalue weighted by Crippen LogP contribution is -2.06. The number of hydrogen-bond donors (Lipinski definition) is 1. The quantitative estimate of drug-likeness (QED) is 0.816. The smallest absolute Gasteiger partial charge is 0.221 e. The van der Waals surface area contributed by atoms with Crippen molar-refractivity contribution in [1.82, 2.24) is 0 Å². The summed E-state index contributed by atoms with van der Waals surface area (Å²) in [5.41, 5.74) is 1.85. The molecule has 0 aliphatic rings. The fourth-order valence-electron chi connectivity index (χ4n) is 1.08. The average Bonchev–Trinajstić information content (AvgIpc) is 2.23. The lowest BCUT2D eigenvalue weighted by atomic mass is 10.1. The van der Waals surface area contributed by atoms with Gasteiger partial charge in [-0.3, -0.25) is 4.79 Å². The molecule has 0 bridgehead atoms. The maximum atomic E-state index is 10.8. The summed E-state index contributed by atoms with van der Waals surface area (Å²) in [6.45, 7) is 7.52. The van der Waals surface area contributed by atoms with Gasteiger partial charge in [-0.1, -0.05) is 38.4 Å². The number of anilines is 1. The van der Waals surface area contributed by atoms with E-state index in [-0.39, 0.29) is 5.91 Å². The zero-order chi connectivity index (χ0) is 11.8. The van der Waals surface area contributed by atoms with Crippen LogP contribution >= 0.6 is 11.6 Å². The normalized spacial score (nSPS) is 8.87. The minimum Gasteiger partial charge on any atom is -0.325 e. The fourth-order valence-corrected chi connectivity index (χ4v) is 1.24. The molecular formula is C12H18ClNO. The van der Waals surface area contributed by atoms with Gasteiger partial charge in [-0.25, -0.2) is 0 Å². The first-order chi connectivity index (χ1) is 7.13. The Morgan fingerprint density at radius 2 is 2.00 bits per heavy atom. The van der Waals surface area contributed by atoms with Crippen molar-refractivity contribution in [2.24, 2.45) is 0 Å². The Hall–Kier alpha value is -1.02. The molecule has 0 unspecified atom stereocenters. The molecule has 1 aromatic rings. The van der Waals surface area contributed by atoms with Gasteiger partial charge in [0.15, 0.2) is 0 Å². The van der Waals surface area contributed by atoms with Crippen LogP contribution in [0.5, 0.6) is 0 Å². The molecule has 1 N–H and O–H groups in total. The molecule has 0 radical (unpaired) electrons. The summed E-state index contributed by atoms with van der Waals surface area (Å²) in [5, 5.41) is 3.25. The van der Waals surface area contributed by atoms with E-state index in [2.05, 4.69) is 12.2 Å². The van der Waals surface area contributed by atoms with E-state index in [1.54, 1.807) is 6.07 Å². The monoisotopic (exact) mass is 227 g/mol. The van der Waals surface area contributed by atoms with Crippen LogP contribution in [0, 0.1) is 0 Å². The molecule has 0 fully saturated rings. The second-order valence-corrected chi connectivity index (χ2v) is 3.26. The number of aryl methyl sites for hydroxylation is 1. The van der Waals surface area contributed by atoms with Gasteiger partial charge in [-0.2, -0.15) is 0 Å². The molecule has 0 aliphatic carbocycles. The largest absolute Gasteiger partial charge is 0.325 e. The molecule has 0 atom stereocenters. The van der Waals surface area contributed by atoms with Crippen molar-refractivity contribution < 1.29 is 4.79 Å². The molecular weight excluding hydrogens is 210 g/mol. The Kier molecular flexibility index (Phi) is 6.80. The summed E-state index contributed by atoms with van der Waals surface area (Å²) in [6.07, 6.45) is 0.934. The predicted molar refractivity (Wildman–Crippen MR) is 66.5 cm³/mol. The summed E-state index contributed by atoms with van der Waals surface area (Å²) in [7, 11) is 0. The SMILES string of the molecule is CC.CCc1ccc(Cl)c(NC(C)=O)c1. The van der Waals surface area contributed by atoms with E-state index in [0.717, 1.165) is 12.0 Å². The van der Waals surface area contributed by atoms with Crippen molar-refractivity contribution in [3.8, 4) is 0 Å². The van der Waals surface area contributed by atoms with Gasteiger partial charge in [0.05, 0.1) is 10.7 Å². The van der Waals surface area contributed by atoms with E-state index in [1.807, 2.05) is 26.0 Å². The lowest BCUT2D eigenvalue weighted by Gasteiger charge is -2.06. The highest BCUT2D eigenvalue weighted by atomic mass is 35.5. The van der Waals surface area contributed by atoms with Crippen molar-refractivity contribution >= 4 is 23.2 Å². The van der Waals surface area contributed by atoms with Crippen LogP contribution in [0.2, 0.25) is 5.02 Å². The first-order valence-electron chi connectivity index (χ1n) is 5.19. The van der Waals surface area contributed by atoms with Gasteiger partial charge in [0.1, 0.15) is 0 Å². The second kappa shape index (κ2) is 7.30. The van der Waals surface area contributed by atoms with E-state index < -0.39 is 0 Å². The summed E-state index contributed by atoms with van der Waals surface area (Å²) in [6, 6.07) is 5.64. The standard InChI is InChI=1S/C10H12ClNO.C2H6/c1-3-8-4-5-9(11)10(6-8)12-7(2)13;1-2/h4-6H,3H2,1-2H3,(H,12,13);1-2H3. The van der Waals surface area contributed by atoms with Crippen LogP contribution in [0.1, 0.15) is 33.3 Å². The van der Waals surface area contributed by atoms with Crippen molar-refractivity contribution in [3.05, 3.63) is 28.8 Å². The fraction of sp³-hybridized carbons (Fsp3) is 0.417. The zero-order valence-electron chi connectivity index (χ0n) is 9.73. The van der Waals surface area contributed by atoms with Gasteiger partial charge in [-0.15, -0.1) is 0 Å². The van der Waals surface area contributed by atoms with E-state index in [4.69, 9.17) is 11.6 Å². The molecule has 84 valence electrons. The summed E-state index contributed by atoms with van der Waals surface area (Å²) in [4.78, 5) is 10.8. The summed E-state index contributed by atoms with van der Waals surface area (Å²) < 4.78 is 0. The third-order valence-corrected chi connectivity index (χ3v) is 2.08. The maximum absolute atomic E-state index is 10.8. The first-order valence-corrected chi connectivity index (χ1v) is 5.57. The van der Waals surface area contributed by atoms with E-state index in [1.165, 1.54) is 6.92 Å². The van der Waals surface area contributed by atoms with Gasteiger partial charge >= 0.3 is 0 Å². The van der Waals surface area contributed by atoms with Crippen LogP contribution in [0.15, 0.2) is 18.2 Å². The topological polar surface area (TPSA) is 29.1 Å². The highest BCUT2D eigenvalue weighted by Crippen LogP contribution is 2.23. The molecule has 1 aromatic carbocycles. The molecule has 3 heteroatoms. The van der Waals surface area contributed by atoms with Gasteiger partial charge in [0, 0.05) is 6.92 Å². The number of benzene rings is 1. The second-order valence-electron chi connectivity index (χ2n) is 2.85. The van der Waals surface area contributed by atoms with Crippen LogP contribution in [0.4, 0.5) is 5.69 Å². The minimum atomic E-state index is -0.102. The Balaban J connectivity index is 0.000000921. The molecule has 15 heavy (non-hydrogen) atoms. The predicted octanol–water partition coefficient (Wildman–Crippen LogP) is 3.89. The number of carbonyl (C=O) groups excluding carboxylic acids is 1. The Morgan fingerprint density at radius 3 is 2.47 bits per heavy atom. The number of rotatable bonds is 2. The average molecular weight is 228 g/mol. The molecule has 0 saturated carbocycles. The summed E-state index contributed by atoms with van der Waals surface area (Å²) in [5.74, 6) is -0.102. The van der Waals surface area contributed by atoms with E-state index in [9.17, 15) is 4.79 Å². The van der Waals surface area contributed by atoms with Crippen LogP contribution in [-0.4, -0.2) is 5.91 Å². The van der Waals surface area contributed by atoms with Crippen LogP contribution in [0.3, 0.4) is 0 Å². The molecule has 0 aromatic heterocycles. The molecule has 2 nitrogen and oxygen atoms in total. The van der Waals surface area contributed by atoms with Gasteiger partial charge in [0.25, 0.3) is 0 Å². The molecule has 0 spiro atoms. The number of hydrogen-bond acceptors (Lipinski definition) is 1. The van der Waals surface area contributed by atoms with Crippen molar-refractivity contribution in [3.63, 3.8) is 0 Å². The summed E-state index contributed by atoms with van der Waals surface area (Å²) >= 11 is 5.88. The molecule has 1 amide bonds. The van der Waals surface area contributed by atoms with Gasteiger partial charge in [-0.05, 0) is 24.1 Å². The molecule has 0 heterocycles. The lowest BCUT2D eigenvalue weighted by molar-refractivity contribution is -0.114. The number of nitrogens with one attached hydrogen (secondary N) is 1. The zero-order valence-corrected chi connectivity index (χ0v) is 10.5. The maximum Gasteiger partial charge on any atom is 0.221 e. The Morgan fingerprint density at radius 1 is 1.40 bits per heavy atom. The third kappa shape index (κ3) is 4.84. The van der Waals surface area contributed by atoms with Crippen molar-refractivity contribution in [2.45, 2.75) is 34.1 Å². The van der Waals surface area contributed by atoms with Gasteiger partial charge < -0.3 is 5.32 Å². The van der Waals surface area contributed by atoms with E-state index >= 15 is 0 Å². The van der Waals surface area contributed by atoms with Crippen LogP contribution in [-0.2, 0) is 11.2 Å². The number of halogens is 1. The van der Waals surface area contributed by atoms with Crippen LogP contribution in [0.25, 0.3) is 0 Å². The van der Waals surface area contributed by atoms with E-state index in [0.29, 0.717) is 10.7 Å². The minimum absolute atomic E-state index is 0.102. The Bertz CT molecular complexity index is 323. The molecule has 1 rings (SSSR count). The van der Waals surface area contributed by atoms with Crippen LogP contribution < -0.4 is 5.32 Å². The molecule has 0 aliphatic heterocycles.